The Bertz CT molecular complexity index is 394. The fourth-order valence-electron chi connectivity index (χ4n) is 3.20. The van der Waals surface area contributed by atoms with Gasteiger partial charge >= 0.3 is 0 Å². The summed E-state index contributed by atoms with van der Waals surface area (Å²) in [6.07, 6.45) is 4.31. The van der Waals surface area contributed by atoms with Gasteiger partial charge in [-0.25, -0.2) is 0 Å². The molecule has 1 fully saturated rings. The largest absolute Gasteiger partial charge is 0.393 e. The van der Waals surface area contributed by atoms with Crippen LogP contribution < -0.4 is 0 Å². The van der Waals surface area contributed by atoms with E-state index in [0.717, 1.165) is 30.8 Å². The molecule has 1 unspecified atom stereocenters. The van der Waals surface area contributed by atoms with E-state index in [4.69, 9.17) is 11.6 Å². The summed E-state index contributed by atoms with van der Waals surface area (Å²) in [5.74, 6) is 0.764. The van der Waals surface area contributed by atoms with Gasteiger partial charge < -0.3 is 10.0 Å². The molecule has 1 aromatic rings. The van der Waals surface area contributed by atoms with Crippen molar-refractivity contribution in [1.82, 2.24) is 4.90 Å². The number of hydrogen-bond donors (Lipinski definition) is 1. The lowest BCUT2D eigenvalue weighted by molar-refractivity contribution is 0.0494. The van der Waals surface area contributed by atoms with Crippen LogP contribution in [-0.4, -0.2) is 36.8 Å². The Morgan fingerprint density at radius 3 is 2.35 bits per heavy atom. The lowest BCUT2D eigenvalue weighted by atomic mass is 9.75. The van der Waals surface area contributed by atoms with Crippen LogP contribution in [0.2, 0.25) is 5.02 Å². The van der Waals surface area contributed by atoms with E-state index in [9.17, 15) is 5.11 Å². The number of nitrogens with zero attached hydrogens (tertiary/aromatic N) is 1. The molecule has 0 radical (unpaired) electrons. The SMILES string of the molecule is CN(C)CC(c1ccc(Cl)cc1)[C@H]1CCCC[C@@H]1O.Cl. The number of benzene rings is 1. The second-order valence-electron chi connectivity index (χ2n) is 5.94. The van der Waals surface area contributed by atoms with Gasteiger partial charge in [0.15, 0.2) is 0 Å². The fraction of sp³-hybridized carbons (Fsp3) is 0.625. The average Bonchev–Trinajstić information content (AvgIpc) is 2.38. The molecule has 0 aromatic heterocycles. The van der Waals surface area contributed by atoms with Gasteiger partial charge in [-0.2, -0.15) is 0 Å². The van der Waals surface area contributed by atoms with Crippen molar-refractivity contribution >= 4 is 24.0 Å². The van der Waals surface area contributed by atoms with Gasteiger partial charge in [-0.05, 0) is 50.6 Å². The predicted molar refractivity (Wildman–Crippen MR) is 88.0 cm³/mol. The minimum atomic E-state index is -0.158. The Labute approximate surface area is 133 Å². The maximum atomic E-state index is 10.3. The topological polar surface area (TPSA) is 23.5 Å². The van der Waals surface area contributed by atoms with Crippen LogP contribution in [0, 0.1) is 5.92 Å². The van der Waals surface area contributed by atoms with E-state index in [1.54, 1.807) is 0 Å². The van der Waals surface area contributed by atoms with Crippen molar-refractivity contribution in [3.8, 4) is 0 Å². The van der Waals surface area contributed by atoms with Crippen LogP contribution in [0.3, 0.4) is 0 Å². The Morgan fingerprint density at radius 1 is 1.20 bits per heavy atom. The summed E-state index contributed by atoms with van der Waals surface area (Å²) < 4.78 is 0. The van der Waals surface area contributed by atoms with E-state index in [2.05, 4.69) is 31.1 Å². The normalized spacial score (nSPS) is 24.2. The molecule has 1 saturated carbocycles. The number of rotatable bonds is 4. The van der Waals surface area contributed by atoms with Crippen molar-refractivity contribution in [2.24, 2.45) is 5.92 Å². The average molecular weight is 318 g/mol. The zero-order valence-corrected chi connectivity index (χ0v) is 13.8. The van der Waals surface area contributed by atoms with Crippen LogP contribution >= 0.6 is 24.0 Å². The van der Waals surface area contributed by atoms with Crippen molar-refractivity contribution in [1.29, 1.82) is 0 Å². The van der Waals surface area contributed by atoms with Gasteiger partial charge in [-0.3, -0.25) is 0 Å². The maximum Gasteiger partial charge on any atom is 0.0574 e. The smallest absolute Gasteiger partial charge is 0.0574 e. The molecule has 2 nitrogen and oxygen atoms in total. The molecule has 0 heterocycles. The molecule has 3 atom stereocenters. The van der Waals surface area contributed by atoms with Crippen LogP contribution in [0.25, 0.3) is 0 Å². The standard InChI is InChI=1S/C16H24ClNO.ClH/c1-18(2)11-15(12-7-9-13(17)10-8-12)14-5-3-4-6-16(14)19;/h7-10,14-16,19H,3-6,11H2,1-2H3;1H/t14-,15?,16+;/m1./s1. The van der Waals surface area contributed by atoms with Crippen LogP contribution in [0.15, 0.2) is 24.3 Å². The monoisotopic (exact) mass is 317 g/mol. The molecule has 0 bridgehead atoms. The van der Waals surface area contributed by atoms with E-state index in [1.807, 2.05) is 12.1 Å². The van der Waals surface area contributed by atoms with E-state index in [0.29, 0.717) is 11.8 Å². The van der Waals surface area contributed by atoms with Gasteiger partial charge in [-0.15, -0.1) is 12.4 Å². The summed E-state index contributed by atoms with van der Waals surface area (Å²) in [6, 6.07) is 8.12. The quantitative estimate of drug-likeness (QED) is 0.908. The third-order valence-corrected chi connectivity index (χ3v) is 4.41. The molecule has 1 aliphatic rings. The first kappa shape index (κ1) is 17.8. The van der Waals surface area contributed by atoms with Crippen LogP contribution in [0.1, 0.15) is 37.2 Å². The Balaban J connectivity index is 0.00000200. The summed E-state index contributed by atoms with van der Waals surface area (Å²) >= 11 is 5.98. The van der Waals surface area contributed by atoms with Gasteiger partial charge in [0, 0.05) is 17.5 Å². The molecular weight excluding hydrogens is 293 g/mol. The van der Waals surface area contributed by atoms with Crippen LogP contribution in [0.4, 0.5) is 0 Å². The van der Waals surface area contributed by atoms with Crippen LogP contribution in [0.5, 0.6) is 0 Å². The summed E-state index contributed by atoms with van der Waals surface area (Å²) in [6.45, 7) is 0.976. The number of halogens is 2. The summed E-state index contributed by atoms with van der Waals surface area (Å²) in [5, 5.41) is 11.1. The minimum absolute atomic E-state index is 0. The molecule has 0 amide bonds. The number of aliphatic hydroxyl groups is 1. The molecule has 1 aromatic carbocycles. The first-order valence-electron chi connectivity index (χ1n) is 7.16. The summed E-state index contributed by atoms with van der Waals surface area (Å²) in [7, 11) is 4.19. The van der Waals surface area contributed by atoms with Gasteiger partial charge in [0.2, 0.25) is 0 Å². The maximum absolute atomic E-state index is 10.3. The Morgan fingerprint density at radius 2 is 1.80 bits per heavy atom. The fourth-order valence-corrected chi connectivity index (χ4v) is 3.33. The van der Waals surface area contributed by atoms with Crippen LogP contribution in [-0.2, 0) is 0 Å². The third kappa shape index (κ3) is 4.63. The molecule has 0 spiro atoms. The minimum Gasteiger partial charge on any atom is -0.393 e. The molecule has 1 aliphatic carbocycles. The molecule has 0 aliphatic heterocycles. The van der Waals surface area contributed by atoms with Crippen molar-refractivity contribution < 1.29 is 5.11 Å². The highest BCUT2D eigenvalue weighted by Gasteiger charge is 2.31. The second-order valence-corrected chi connectivity index (χ2v) is 6.37. The van der Waals surface area contributed by atoms with Gasteiger partial charge in [-0.1, -0.05) is 36.6 Å². The molecule has 114 valence electrons. The van der Waals surface area contributed by atoms with E-state index in [-0.39, 0.29) is 18.5 Å². The molecule has 20 heavy (non-hydrogen) atoms. The van der Waals surface area contributed by atoms with Crippen molar-refractivity contribution in [2.45, 2.75) is 37.7 Å². The molecule has 0 saturated heterocycles. The highest BCUT2D eigenvalue weighted by atomic mass is 35.5. The van der Waals surface area contributed by atoms with Crippen molar-refractivity contribution in [3.05, 3.63) is 34.9 Å². The zero-order valence-electron chi connectivity index (χ0n) is 12.3. The summed E-state index contributed by atoms with van der Waals surface area (Å²) in [4.78, 5) is 2.21. The van der Waals surface area contributed by atoms with E-state index < -0.39 is 0 Å². The number of likely N-dealkylation sites (N-methyl/N-ethyl adjacent to an activating group) is 1. The number of aliphatic hydroxyl groups excluding tert-OH is 1. The first-order chi connectivity index (χ1) is 9.08. The van der Waals surface area contributed by atoms with E-state index in [1.165, 1.54) is 12.0 Å². The third-order valence-electron chi connectivity index (χ3n) is 4.16. The zero-order chi connectivity index (χ0) is 13.8. The van der Waals surface area contributed by atoms with Gasteiger partial charge in [0.05, 0.1) is 6.10 Å². The molecular formula is C16H25Cl2NO. The Kier molecular flexibility index (Phi) is 7.32. The molecule has 2 rings (SSSR count). The van der Waals surface area contributed by atoms with Crippen molar-refractivity contribution in [2.75, 3.05) is 20.6 Å². The van der Waals surface area contributed by atoms with Gasteiger partial charge in [0.25, 0.3) is 0 Å². The Hall–Kier alpha value is -0.280. The second kappa shape index (κ2) is 8.23. The lowest BCUT2D eigenvalue weighted by Gasteiger charge is -2.36. The van der Waals surface area contributed by atoms with E-state index >= 15 is 0 Å². The molecule has 1 N–H and O–H groups in total. The predicted octanol–water partition coefficient (Wildman–Crippen LogP) is 3.96. The molecule has 4 heteroatoms. The number of hydrogen-bond acceptors (Lipinski definition) is 2. The highest BCUT2D eigenvalue weighted by molar-refractivity contribution is 6.30. The lowest BCUT2D eigenvalue weighted by Crippen LogP contribution is -2.35. The summed E-state index contributed by atoms with van der Waals surface area (Å²) in [5.41, 5.74) is 1.30. The first-order valence-corrected chi connectivity index (χ1v) is 7.54. The highest BCUT2D eigenvalue weighted by Crippen LogP contribution is 2.37. The van der Waals surface area contributed by atoms with Crippen molar-refractivity contribution in [3.63, 3.8) is 0 Å². The van der Waals surface area contributed by atoms with Gasteiger partial charge in [0.1, 0.15) is 0 Å².